The van der Waals surface area contributed by atoms with Crippen LogP contribution in [0.25, 0.3) is 0 Å². The van der Waals surface area contributed by atoms with E-state index in [1.54, 1.807) is 0 Å². The Balaban J connectivity index is 2.72. The van der Waals surface area contributed by atoms with Gasteiger partial charge in [0.1, 0.15) is 14.0 Å². The minimum atomic E-state index is 0.873. The summed E-state index contributed by atoms with van der Waals surface area (Å²) in [6.07, 6.45) is 3.88. The zero-order chi connectivity index (χ0) is 6.41. The van der Waals surface area contributed by atoms with Gasteiger partial charge in [0.05, 0.1) is 0 Å². The number of rotatable bonds is 4. The Labute approximate surface area is 54.4 Å². The Morgan fingerprint density at radius 3 is 2.38 bits per heavy atom. The molecule has 0 fully saturated rings. The fraction of sp³-hybridized carbons (Fsp3) is 1.00. The molecule has 0 N–H and O–H groups in total. The molecule has 0 aliphatic rings. The normalized spacial score (nSPS) is 8.88. The molecule has 0 heterocycles. The largest absolute Gasteiger partial charge is 0.132 e. The van der Waals surface area contributed by atoms with E-state index in [9.17, 15) is 0 Å². The second kappa shape index (κ2) is 5.27. The van der Waals surface area contributed by atoms with Gasteiger partial charge in [0, 0.05) is 0 Å². The fourth-order valence-corrected chi connectivity index (χ4v) is 0.655. The Morgan fingerprint density at radius 2 is 2.00 bits per heavy atom. The zero-order valence-electron chi connectivity index (χ0n) is 6.28. The smallest absolute Gasteiger partial charge is 0.0866 e. The molecule has 0 aromatic carbocycles. The maximum atomic E-state index is 2.35. The molecule has 0 bridgehead atoms. The average molecular weight is 109 g/mol. The lowest BCUT2D eigenvalue weighted by atomic mass is 9.47. The third kappa shape index (κ3) is 6.13. The highest BCUT2D eigenvalue weighted by atomic mass is 13.6. The van der Waals surface area contributed by atoms with Gasteiger partial charge < -0.3 is 0 Å². The molecule has 0 saturated heterocycles. The van der Waals surface area contributed by atoms with Gasteiger partial charge in [-0.05, 0) is 0 Å². The van der Waals surface area contributed by atoms with Crippen LogP contribution >= 0.6 is 0 Å². The summed E-state index contributed by atoms with van der Waals surface area (Å²) in [6, 6.07) is 0. The molecule has 0 saturated carbocycles. The van der Waals surface area contributed by atoms with Gasteiger partial charge in [0.2, 0.25) is 0 Å². The molecular formula is C6H15B2. The molecule has 45 valence electrons. The summed E-state index contributed by atoms with van der Waals surface area (Å²) in [7, 11) is 2.35. The predicted molar refractivity (Wildman–Crippen MR) is 43.3 cm³/mol. The Morgan fingerprint density at radius 1 is 1.38 bits per heavy atom. The van der Waals surface area contributed by atoms with Gasteiger partial charge in [-0.25, -0.2) is 0 Å². The summed E-state index contributed by atoms with van der Waals surface area (Å²) in [5, 5.41) is 0. The number of hydrogen-bond donors (Lipinski definition) is 0. The quantitative estimate of drug-likeness (QED) is 0.383. The third-order valence-corrected chi connectivity index (χ3v) is 1.24. The van der Waals surface area contributed by atoms with Crippen molar-refractivity contribution < 1.29 is 0 Å². The summed E-state index contributed by atoms with van der Waals surface area (Å²) in [5.41, 5.74) is 0. The molecule has 0 atom stereocenters. The van der Waals surface area contributed by atoms with E-state index in [0.717, 1.165) is 6.71 Å². The van der Waals surface area contributed by atoms with Gasteiger partial charge in [0.25, 0.3) is 0 Å². The van der Waals surface area contributed by atoms with Gasteiger partial charge in [-0.2, -0.15) is 0 Å². The first-order valence-corrected chi connectivity index (χ1v) is 3.59. The van der Waals surface area contributed by atoms with Crippen LogP contribution in [0.4, 0.5) is 0 Å². The van der Waals surface area contributed by atoms with Crippen molar-refractivity contribution in [2.24, 2.45) is 0 Å². The lowest BCUT2D eigenvalue weighted by molar-refractivity contribution is 1.33. The first-order valence-electron chi connectivity index (χ1n) is 3.59. The van der Waals surface area contributed by atoms with Crippen LogP contribution in [0.5, 0.6) is 0 Å². The van der Waals surface area contributed by atoms with Crippen LogP contribution < -0.4 is 0 Å². The predicted octanol–water partition coefficient (Wildman–Crippen LogP) is 2.30. The van der Waals surface area contributed by atoms with E-state index in [2.05, 4.69) is 27.8 Å². The lowest BCUT2D eigenvalue weighted by Gasteiger charge is -1.96. The minimum Gasteiger partial charge on any atom is -0.0866 e. The Hall–Kier alpha value is 0.130. The molecule has 0 spiro atoms. The van der Waals surface area contributed by atoms with Crippen LogP contribution in [-0.4, -0.2) is 14.0 Å². The fourth-order valence-electron chi connectivity index (χ4n) is 0.655. The highest BCUT2D eigenvalue weighted by Gasteiger charge is 1.95. The van der Waals surface area contributed by atoms with Gasteiger partial charge >= 0.3 is 0 Å². The summed E-state index contributed by atoms with van der Waals surface area (Å²) in [6.45, 7) is 7.60. The molecule has 0 aliphatic heterocycles. The first kappa shape index (κ1) is 8.13. The summed E-state index contributed by atoms with van der Waals surface area (Å²) < 4.78 is 0. The van der Waals surface area contributed by atoms with Crippen molar-refractivity contribution in [2.45, 2.75) is 39.5 Å². The Bertz CT molecular complexity index is 43.8. The highest BCUT2D eigenvalue weighted by molar-refractivity contribution is 6.57. The van der Waals surface area contributed by atoms with E-state index < -0.39 is 0 Å². The van der Waals surface area contributed by atoms with Crippen LogP contribution in [0.1, 0.15) is 6.92 Å². The molecule has 0 unspecified atom stereocenters. The van der Waals surface area contributed by atoms with Crippen molar-refractivity contribution in [3.05, 3.63) is 0 Å². The summed E-state index contributed by atoms with van der Waals surface area (Å²) in [4.78, 5) is 0. The van der Waals surface area contributed by atoms with Crippen LogP contribution in [-0.2, 0) is 0 Å². The maximum absolute atomic E-state index is 2.35. The third-order valence-electron chi connectivity index (χ3n) is 1.24. The molecule has 1 radical (unpaired) electrons. The summed E-state index contributed by atoms with van der Waals surface area (Å²) in [5.74, 6) is 0. The molecule has 0 amide bonds. The van der Waals surface area contributed by atoms with E-state index in [0.29, 0.717) is 0 Å². The molecular weight excluding hydrogens is 93.7 g/mol. The SMILES string of the molecule is CC[B]CCB(C)C. The van der Waals surface area contributed by atoms with Gasteiger partial charge in [-0.1, -0.05) is 39.5 Å². The highest BCUT2D eigenvalue weighted by Crippen LogP contribution is 1.97. The average Bonchev–Trinajstić information content (AvgIpc) is 1.66. The summed E-state index contributed by atoms with van der Waals surface area (Å²) >= 11 is 0. The van der Waals surface area contributed by atoms with Gasteiger partial charge in [0.15, 0.2) is 0 Å². The molecule has 2 heteroatoms. The van der Waals surface area contributed by atoms with Crippen molar-refractivity contribution >= 4 is 14.0 Å². The molecule has 0 aromatic heterocycles. The molecule has 0 nitrogen and oxygen atoms in total. The standard InChI is InChI=1S/C6H15B2/c1-4-7-5-6-8(2)3/h4-6H2,1-3H3. The van der Waals surface area contributed by atoms with E-state index >= 15 is 0 Å². The minimum absolute atomic E-state index is 0.873. The van der Waals surface area contributed by atoms with Crippen LogP contribution in [0.15, 0.2) is 0 Å². The van der Waals surface area contributed by atoms with Gasteiger partial charge in [-0.15, -0.1) is 0 Å². The second-order valence-corrected chi connectivity index (χ2v) is 2.67. The van der Waals surface area contributed by atoms with E-state index in [-0.39, 0.29) is 0 Å². The zero-order valence-corrected chi connectivity index (χ0v) is 6.28. The topological polar surface area (TPSA) is 0 Å². The van der Waals surface area contributed by atoms with E-state index in [4.69, 9.17) is 0 Å². The molecule has 0 rings (SSSR count). The van der Waals surface area contributed by atoms with E-state index in [1.165, 1.54) is 19.0 Å². The maximum Gasteiger partial charge on any atom is 0.132 e. The molecule has 8 heavy (non-hydrogen) atoms. The monoisotopic (exact) mass is 109 g/mol. The van der Waals surface area contributed by atoms with Crippen LogP contribution in [0.3, 0.4) is 0 Å². The number of hydrogen-bond acceptors (Lipinski definition) is 0. The van der Waals surface area contributed by atoms with E-state index in [1.807, 2.05) is 0 Å². The van der Waals surface area contributed by atoms with Crippen LogP contribution in [0.2, 0.25) is 32.6 Å². The first-order chi connectivity index (χ1) is 3.77. The van der Waals surface area contributed by atoms with Crippen LogP contribution in [0, 0.1) is 0 Å². The Kier molecular flexibility index (Phi) is 5.36. The van der Waals surface area contributed by atoms with Crippen molar-refractivity contribution in [3.8, 4) is 0 Å². The lowest BCUT2D eigenvalue weighted by Crippen LogP contribution is -1.99. The molecule has 0 aliphatic carbocycles. The van der Waals surface area contributed by atoms with Crippen molar-refractivity contribution in [2.75, 3.05) is 0 Å². The van der Waals surface area contributed by atoms with Gasteiger partial charge in [-0.3, -0.25) is 0 Å². The van der Waals surface area contributed by atoms with Crippen molar-refractivity contribution in [3.63, 3.8) is 0 Å². The van der Waals surface area contributed by atoms with Crippen molar-refractivity contribution in [1.29, 1.82) is 0 Å². The van der Waals surface area contributed by atoms with Crippen molar-refractivity contribution in [1.82, 2.24) is 0 Å². The molecule has 0 aromatic rings. The second-order valence-electron chi connectivity index (χ2n) is 2.67.